The zero-order valence-corrected chi connectivity index (χ0v) is 9.64. The summed E-state index contributed by atoms with van der Waals surface area (Å²) >= 11 is 0. The van der Waals surface area contributed by atoms with E-state index >= 15 is 0 Å². The molecule has 0 bridgehead atoms. The summed E-state index contributed by atoms with van der Waals surface area (Å²) in [5, 5.41) is 18.6. The van der Waals surface area contributed by atoms with Crippen LogP contribution in [0.5, 0.6) is 0 Å². The normalized spacial score (nSPS) is 9.61. The van der Waals surface area contributed by atoms with Crippen molar-refractivity contribution in [3.8, 4) is 0 Å². The number of hydrogen-bond acceptors (Lipinski definition) is 7. The highest BCUT2D eigenvalue weighted by Crippen LogP contribution is 2.27. The van der Waals surface area contributed by atoms with Gasteiger partial charge < -0.3 is 21.7 Å². The van der Waals surface area contributed by atoms with Crippen LogP contribution >= 0.6 is 0 Å². The zero-order valence-electron chi connectivity index (χ0n) is 9.64. The number of anilines is 2. The van der Waals surface area contributed by atoms with E-state index in [1.54, 1.807) is 0 Å². The number of nitrogens with one attached hydrogen (secondary N) is 3. The fourth-order valence-electron chi connectivity index (χ4n) is 1.23. The summed E-state index contributed by atoms with van der Waals surface area (Å²) in [5.41, 5.74) is 4.62. The molecule has 1 heterocycles. The number of rotatable bonds is 6. The Morgan fingerprint density at radius 1 is 1.44 bits per heavy atom. The van der Waals surface area contributed by atoms with Gasteiger partial charge in [0.2, 0.25) is 11.6 Å². The van der Waals surface area contributed by atoms with Crippen molar-refractivity contribution in [2.45, 2.75) is 0 Å². The number of hydrogen-bond donors (Lipinski definition) is 4. The smallest absolute Gasteiger partial charge is 0.353 e. The summed E-state index contributed by atoms with van der Waals surface area (Å²) in [5.74, 6) is 0.186. The minimum absolute atomic E-state index is 0.0746. The molecule has 18 heavy (non-hydrogen) atoms. The van der Waals surface area contributed by atoms with E-state index in [4.69, 9.17) is 5.73 Å². The molecule has 0 spiro atoms. The van der Waals surface area contributed by atoms with Crippen molar-refractivity contribution < 1.29 is 9.72 Å². The summed E-state index contributed by atoms with van der Waals surface area (Å²) < 4.78 is 0. The van der Waals surface area contributed by atoms with Crippen molar-refractivity contribution in [1.82, 2.24) is 15.3 Å². The number of amides is 2. The first kappa shape index (κ1) is 13.4. The van der Waals surface area contributed by atoms with E-state index in [0.717, 1.165) is 0 Å². The summed E-state index contributed by atoms with van der Waals surface area (Å²) in [4.78, 5) is 28.3. The molecule has 0 aromatic carbocycles. The summed E-state index contributed by atoms with van der Waals surface area (Å²) in [6.07, 6.45) is 1.20. The third-order valence-corrected chi connectivity index (χ3v) is 1.96. The van der Waals surface area contributed by atoms with E-state index in [0.29, 0.717) is 0 Å². The Balaban J connectivity index is 2.75. The molecular formula is C8H13N7O3. The Bertz CT molecular complexity index is 450. The molecule has 0 aliphatic rings. The van der Waals surface area contributed by atoms with E-state index in [1.165, 1.54) is 13.4 Å². The van der Waals surface area contributed by atoms with Gasteiger partial charge >= 0.3 is 11.7 Å². The van der Waals surface area contributed by atoms with E-state index in [-0.39, 0.29) is 30.4 Å². The Labute approximate surface area is 102 Å². The van der Waals surface area contributed by atoms with E-state index in [2.05, 4.69) is 25.9 Å². The molecule has 5 N–H and O–H groups in total. The quantitative estimate of drug-likeness (QED) is 0.304. The maximum Gasteiger partial charge on any atom is 0.353 e. The van der Waals surface area contributed by atoms with Gasteiger partial charge in [-0.3, -0.25) is 10.1 Å². The highest BCUT2D eigenvalue weighted by molar-refractivity contribution is 5.72. The zero-order chi connectivity index (χ0) is 13.5. The molecule has 0 atom stereocenters. The lowest BCUT2D eigenvalue weighted by Gasteiger charge is -2.08. The second kappa shape index (κ2) is 6.18. The van der Waals surface area contributed by atoms with Crippen LogP contribution in [0.4, 0.5) is 22.1 Å². The van der Waals surface area contributed by atoms with Crippen molar-refractivity contribution in [2.24, 2.45) is 5.73 Å². The van der Waals surface area contributed by atoms with Crippen molar-refractivity contribution in [2.75, 3.05) is 30.8 Å². The fourth-order valence-corrected chi connectivity index (χ4v) is 1.23. The second-order valence-electron chi connectivity index (χ2n) is 3.14. The van der Waals surface area contributed by atoms with Gasteiger partial charge in [0, 0.05) is 20.1 Å². The molecule has 10 heteroatoms. The first-order valence-electron chi connectivity index (χ1n) is 5.00. The average Bonchev–Trinajstić information content (AvgIpc) is 2.33. The van der Waals surface area contributed by atoms with Crippen LogP contribution in [0, 0.1) is 10.1 Å². The number of nitrogens with two attached hydrogens (primary N) is 1. The third-order valence-electron chi connectivity index (χ3n) is 1.96. The molecule has 98 valence electrons. The Morgan fingerprint density at radius 2 is 2.11 bits per heavy atom. The molecule has 0 radical (unpaired) electrons. The highest BCUT2D eigenvalue weighted by atomic mass is 16.6. The van der Waals surface area contributed by atoms with Crippen LogP contribution < -0.4 is 21.7 Å². The molecule has 1 aromatic rings. The predicted molar refractivity (Wildman–Crippen MR) is 64.3 cm³/mol. The first-order chi connectivity index (χ1) is 8.56. The molecule has 0 saturated carbocycles. The van der Waals surface area contributed by atoms with Crippen molar-refractivity contribution in [3.63, 3.8) is 0 Å². The predicted octanol–water partition coefficient (Wildman–Crippen LogP) is -0.493. The monoisotopic (exact) mass is 255 g/mol. The van der Waals surface area contributed by atoms with Gasteiger partial charge in [0.1, 0.15) is 6.33 Å². The minimum atomic E-state index is -0.662. The van der Waals surface area contributed by atoms with Crippen LogP contribution in [-0.4, -0.2) is 41.1 Å². The Kier molecular flexibility index (Phi) is 4.60. The topological polar surface area (TPSA) is 148 Å². The van der Waals surface area contributed by atoms with Gasteiger partial charge in [0.25, 0.3) is 0 Å². The van der Waals surface area contributed by atoms with Crippen molar-refractivity contribution in [3.05, 3.63) is 16.4 Å². The average molecular weight is 255 g/mol. The number of carbonyl (C=O) groups excluding carboxylic acids is 1. The van der Waals surface area contributed by atoms with Crippen molar-refractivity contribution in [1.29, 1.82) is 0 Å². The van der Waals surface area contributed by atoms with Crippen LogP contribution in [0.1, 0.15) is 0 Å². The lowest BCUT2D eigenvalue weighted by Crippen LogP contribution is -2.33. The Hall–Kier alpha value is -2.65. The lowest BCUT2D eigenvalue weighted by atomic mass is 10.4. The van der Waals surface area contributed by atoms with Gasteiger partial charge in [-0.05, 0) is 0 Å². The number of nitrogens with zero attached hydrogens (tertiary/aromatic N) is 3. The van der Waals surface area contributed by atoms with Crippen molar-refractivity contribution >= 4 is 23.4 Å². The van der Waals surface area contributed by atoms with Crippen LogP contribution in [0.3, 0.4) is 0 Å². The lowest BCUT2D eigenvalue weighted by molar-refractivity contribution is -0.383. The van der Waals surface area contributed by atoms with Crippen LogP contribution in [0.25, 0.3) is 0 Å². The number of urea groups is 1. The van der Waals surface area contributed by atoms with Gasteiger partial charge in [-0.15, -0.1) is 0 Å². The van der Waals surface area contributed by atoms with Crippen LogP contribution in [0.2, 0.25) is 0 Å². The molecule has 0 fully saturated rings. The molecule has 10 nitrogen and oxygen atoms in total. The van der Waals surface area contributed by atoms with Gasteiger partial charge in [0.15, 0.2) is 0 Å². The molecule has 0 aliphatic heterocycles. The highest BCUT2D eigenvalue weighted by Gasteiger charge is 2.21. The molecule has 0 saturated heterocycles. The molecular weight excluding hydrogens is 242 g/mol. The number of carbonyl (C=O) groups is 1. The maximum absolute atomic E-state index is 10.9. The number of nitro groups is 1. The second-order valence-corrected chi connectivity index (χ2v) is 3.14. The van der Waals surface area contributed by atoms with E-state index in [9.17, 15) is 14.9 Å². The molecule has 0 unspecified atom stereocenters. The maximum atomic E-state index is 10.9. The SMILES string of the molecule is CNc1ncnc(NCCNC(N)=O)c1[N+](=O)[O-]. The third kappa shape index (κ3) is 3.43. The first-order valence-corrected chi connectivity index (χ1v) is 5.00. The minimum Gasteiger partial charge on any atom is -0.367 e. The largest absolute Gasteiger partial charge is 0.367 e. The van der Waals surface area contributed by atoms with Gasteiger partial charge in [-0.25, -0.2) is 14.8 Å². The van der Waals surface area contributed by atoms with Gasteiger partial charge in [0.05, 0.1) is 4.92 Å². The number of primary amides is 1. The molecule has 1 aromatic heterocycles. The van der Waals surface area contributed by atoms with E-state index in [1.807, 2.05) is 0 Å². The van der Waals surface area contributed by atoms with E-state index < -0.39 is 11.0 Å². The van der Waals surface area contributed by atoms with Crippen LogP contribution in [-0.2, 0) is 0 Å². The van der Waals surface area contributed by atoms with Gasteiger partial charge in [-0.2, -0.15) is 0 Å². The summed E-state index contributed by atoms with van der Waals surface area (Å²) in [6, 6.07) is -0.662. The Morgan fingerprint density at radius 3 is 2.67 bits per heavy atom. The van der Waals surface area contributed by atoms with Crippen LogP contribution in [0.15, 0.2) is 6.33 Å². The summed E-state index contributed by atoms with van der Waals surface area (Å²) in [6.45, 7) is 0.481. The summed E-state index contributed by atoms with van der Waals surface area (Å²) in [7, 11) is 1.52. The van der Waals surface area contributed by atoms with Gasteiger partial charge in [-0.1, -0.05) is 0 Å². The fraction of sp³-hybridized carbons (Fsp3) is 0.375. The standard InChI is InChI=1S/C8H13N7O3/c1-10-6-5(15(17)18)7(14-4-13-6)11-2-3-12-8(9)16/h4H,2-3H2,1H3,(H3,9,12,16)(H2,10,11,13,14). The molecule has 1 rings (SSSR count). The number of aromatic nitrogens is 2. The molecule has 0 aliphatic carbocycles. The molecule has 2 amide bonds.